The van der Waals surface area contributed by atoms with Crippen molar-refractivity contribution in [2.24, 2.45) is 0 Å². The van der Waals surface area contributed by atoms with Gasteiger partial charge in [-0.3, -0.25) is 9.59 Å². The molecule has 2 heterocycles. The average molecular weight is 486 g/mol. The molecule has 1 fully saturated rings. The molecule has 7 heteroatoms. The first-order chi connectivity index (χ1) is 17.6. The molecule has 2 aliphatic heterocycles. The van der Waals surface area contributed by atoms with Gasteiger partial charge in [0.05, 0.1) is 18.2 Å². The second-order valence-corrected chi connectivity index (χ2v) is 8.69. The molecule has 0 aromatic heterocycles. The van der Waals surface area contributed by atoms with Crippen LogP contribution in [0.25, 0.3) is 5.76 Å². The maximum Gasteiger partial charge on any atom is 0.295 e. The van der Waals surface area contributed by atoms with E-state index in [1.165, 1.54) is 4.90 Å². The molecule has 1 atom stereocenters. The van der Waals surface area contributed by atoms with E-state index in [4.69, 9.17) is 14.2 Å². The molecule has 0 spiro atoms. The fourth-order valence-corrected chi connectivity index (χ4v) is 4.51. The van der Waals surface area contributed by atoms with E-state index in [1.54, 1.807) is 18.2 Å². The van der Waals surface area contributed by atoms with Crippen molar-refractivity contribution in [2.75, 3.05) is 19.8 Å². The number of nitrogens with zero attached hydrogens (tertiary/aromatic N) is 1. The Morgan fingerprint density at radius 2 is 1.75 bits per heavy atom. The molecule has 3 aromatic carbocycles. The normalized spacial score (nSPS) is 18.4. The molecule has 36 heavy (non-hydrogen) atoms. The van der Waals surface area contributed by atoms with Gasteiger partial charge in [-0.2, -0.15) is 0 Å². The van der Waals surface area contributed by atoms with Crippen LogP contribution >= 0.6 is 0 Å². The lowest BCUT2D eigenvalue weighted by Gasteiger charge is -2.26. The van der Waals surface area contributed by atoms with Crippen molar-refractivity contribution in [3.8, 4) is 17.2 Å². The third kappa shape index (κ3) is 4.52. The summed E-state index contributed by atoms with van der Waals surface area (Å²) in [5, 5.41) is 11.4. The molecule has 1 unspecified atom stereocenters. The Morgan fingerprint density at radius 3 is 2.53 bits per heavy atom. The second-order valence-electron chi connectivity index (χ2n) is 8.69. The highest BCUT2D eigenvalue weighted by atomic mass is 16.6. The van der Waals surface area contributed by atoms with Crippen LogP contribution in [0.1, 0.15) is 36.1 Å². The highest BCUT2D eigenvalue weighted by Crippen LogP contribution is 2.42. The van der Waals surface area contributed by atoms with Gasteiger partial charge in [-0.15, -0.1) is 0 Å². The summed E-state index contributed by atoms with van der Waals surface area (Å²) in [6, 6.07) is 21.0. The summed E-state index contributed by atoms with van der Waals surface area (Å²) < 4.78 is 17.0. The molecular formula is C29H27NO6. The van der Waals surface area contributed by atoms with Gasteiger partial charge in [-0.1, -0.05) is 49.4 Å². The van der Waals surface area contributed by atoms with Crippen LogP contribution < -0.4 is 14.2 Å². The van der Waals surface area contributed by atoms with Gasteiger partial charge in [0.2, 0.25) is 0 Å². The Hall–Kier alpha value is -4.26. The number of amides is 1. The van der Waals surface area contributed by atoms with Crippen LogP contribution in [-0.2, 0) is 16.1 Å². The smallest absolute Gasteiger partial charge is 0.295 e. The van der Waals surface area contributed by atoms with Crippen molar-refractivity contribution in [1.82, 2.24) is 4.90 Å². The number of aliphatic hydroxyl groups is 1. The minimum atomic E-state index is -0.788. The largest absolute Gasteiger partial charge is 0.507 e. The topological polar surface area (TPSA) is 85.3 Å². The Labute approximate surface area is 209 Å². The number of hydrogen-bond donors (Lipinski definition) is 1. The number of carbonyl (C=O) groups is 2. The van der Waals surface area contributed by atoms with Gasteiger partial charge in [-0.25, -0.2) is 0 Å². The first kappa shape index (κ1) is 23.5. The summed E-state index contributed by atoms with van der Waals surface area (Å²) in [6.45, 7) is 3.62. The predicted molar refractivity (Wildman–Crippen MR) is 134 cm³/mol. The third-order valence-corrected chi connectivity index (χ3v) is 6.20. The van der Waals surface area contributed by atoms with Crippen LogP contribution in [0.15, 0.2) is 78.4 Å². The summed E-state index contributed by atoms with van der Waals surface area (Å²) in [6.07, 6.45) is 0.848. The van der Waals surface area contributed by atoms with Gasteiger partial charge in [0.25, 0.3) is 11.7 Å². The lowest BCUT2D eigenvalue weighted by molar-refractivity contribution is -0.140. The molecule has 184 valence electrons. The Morgan fingerprint density at radius 1 is 0.972 bits per heavy atom. The number of carbonyl (C=O) groups excluding carboxylic acids is 2. The monoisotopic (exact) mass is 485 g/mol. The van der Waals surface area contributed by atoms with Crippen LogP contribution in [0.5, 0.6) is 17.2 Å². The van der Waals surface area contributed by atoms with Crippen molar-refractivity contribution in [1.29, 1.82) is 0 Å². The number of Topliss-reactive ketones (excluding diaryl/α,β-unsaturated/α-hetero) is 1. The molecule has 7 nitrogen and oxygen atoms in total. The number of ether oxygens (including phenoxy) is 3. The van der Waals surface area contributed by atoms with Gasteiger partial charge in [0.1, 0.15) is 24.7 Å². The minimum absolute atomic E-state index is 0.0280. The standard InChI is InChI=1S/C29H27NO6/c1-2-13-34-22-10-6-9-20(16-22)26-25(27(31)21-11-12-23-24(17-21)36-15-14-35-23)28(32)29(33)30(26)18-19-7-4-3-5-8-19/h3-12,16-17,26,31H,2,13-15,18H2,1H3/b27-25-. The Balaban J connectivity index is 1.62. The number of fused-ring (bicyclic) bond motifs is 1. The fraction of sp³-hybridized carbons (Fsp3) is 0.241. The first-order valence-corrected chi connectivity index (χ1v) is 12.0. The zero-order valence-corrected chi connectivity index (χ0v) is 20.0. The van der Waals surface area contributed by atoms with Crippen molar-refractivity contribution in [3.05, 3.63) is 95.1 Å². The van der Waals surface area contributed by atoms with Crippen LogP contribution in [0, 0.1) is 0 Å². The molecule has 3 aromatic rings. The van der Waals surface area contributed by atoms with E-state index in [0.29, 0.717) is 48.2 Å². The highest BCUT2D eigenvalue weighted by Gasteiger charge is 2.46. The van der Waals surface area contributed by atoms with Gasteiger partial charge >= 0.3 is 0 Å². The third-order valence-electron chi connectivity index (χ3n) is 6.20. The van der Waals surface area contributed by atoms with Gasteiger partial charge in [0, 0.05) is 12.1 Å². The molecule has 1 N–H and O–H groups in total. The number of likely N-dealkylation sites (tertiary alicyclic amines) is 1. The van der Waals surface area contributed by atoms with Crippen LogP contribution in [0.2, 0.25) is 0 Å². The SMILES string of the molecule is CCCOc1cccc(C2/C(=C(/O)c3ccc4c(c3)OCCO4)C(=O)C(=O)N2Cc2ccccc2)c1. The predicted octanol–water partition coefficient (Wildman–Crippen LogP) is 4.87. The molecule has 0 aliphatic carbocycles. The maximum absolute atomic E-state index is 13.4. The molecule has 2 aliphatic rings. The zero-order chi connectivity index (χ0) is 25.1. The number of ketones is 1. The summed E-state index contributed by atoms with van der Waals surface area (Å²) >= 11 is 0. The Kier molecular flexibility index (Phi) is 6.62. The van der Waals surface area contributed by atoms with E-state index in [0.717, 1.165) is 12.0 Å². The molecule has 0 saturated carbocycles. The zero-order valence-electron chi connectivity index (χ0n) is 20.0. The quantitative estimate of drug-likeness (QED) is 0.292. The molecule has 1 saturated heterocycles. The summed E-state index contributed by atoms with van der Waals surface area (Å²) in [5.74, 6) is 0.0331. The fourth-order valence-electron chi connectivity index (χ4n) is 4.51. The summed E-state index contributed by atoms with van der Waals surface area (Å²) in [5.41, 5.74) is 1.96. The molecular weight excluding hydrogens is 458 g/mol. The number of rotatable bonds is 7. The summed E-state index contributed by atoms with van der Waals surface area (Å²) in [7, 11) is 0. The van der Waals surface area contributed by atoms with E-state index in [2.05, 4.69) is 0 Å². The van der Waals surface area contributed by atoms with Gasteiger partial charge in [0.15, 0.2) is 11.5 Å². The van der Waals surface area contributed by atoms with Crippen LogP contribution in [-0.4, -0.2) is 41.5 Å². The van der Waals surface area contributed by atoms with E-state index in [-0.39, 0.29) is 17.9 Å². The van der Waals surface area contributed by atoms with Crippen molar-refractivity contribution < 1.29 is 28.9 Å². The number of benzene rings is 3. The molecule has 0 radical (unpaired) electrons. The number of hydrogen-bond acceptors (Lipinski definition) is 6. The molecule has 5 rings (SSSR count). The number of aliphatic hydroxyl groups excluding tert-OH is 1. The van der Waals surface area contributed by atoms with E-state index >= 15 is 0 Å². The second kappa shape index (κ2) is 10.2. The van der Waals surface area contributed by atoms with E-state index in [9.17, 15) is 14.7 Å². The maximum atomic E-state index is 13.4. The van der Waals surface area contributed by atoms with Crippen LogP contribution in [0.3, 0.4) is 0 Å². The lowest BCUT2D eigenvalue weighted by atomic mass is 9.94. The van der Waals surface area contributed by atoms with Gasteiger partial charge < -0.3 is 24.2 Å². The van der Waals surface area contributed by atoms with Crippen molar-refractivity contribution in [3.63, 3.8) is 0 Å². The molecule has 0 bridgehead atoms. The lowest BCUT2D eigenvalue weighted by Crippen LogP contribution is -2.29. The highest BCUT2D eigenvalue weighted by molar-refractivity contribution is 6.46. The molecule has 1 amide bonds. The first-order valence-electron chi connectivity index (χ1n) is 12.0. The van der Waals surface area contributed by atoms with Crippen molar-refractivity contribution >= 4 is 17.4 Å². The van der Waals surface area contributed by atoms with Crippen molar-refractivity contribution in [2.45, 2.75) is 25.9 Å². The van der Waals surface area contributed by atoms with Crippen LogP contribution in [0.4, 0.5) is 0 Å². The van der Waals surface area contributed by atoms with E-state index < -0.39 is 17.7 Å². The summed E-state index contributed by atoms with van der Waals surface area (Å²) in [4.78, 5) is 28.1. The van der Waals surface area contributed by atoms with E-state index in [1.807, 2.05) is 61.5 Å². The van der Waals surface area contributed by atoms with Gasteiger partial charge in [-0.05, 0) is 47.9 Å². The minimum Gasteiger partial charge on any atom is -0.507 e. The average Bonchev–Trinajstić information content (AvgIpc) is 3.17. The Bertz CT molecular complexity index is 1320.